The highest BCUT2D eigenvalue weighted by molar-refractivity contribution is 5.25. The highest BCUT2D eigenvalue weighted by atomic mass is 16.3. The molecule has 1 nitrogen and oxygen atoms in total. The van der Waals surface area contributed by atoms with Crippen LogP contribution < -0.4 is 0 Å². The second-order valence-electron chi connectivity index (χ2n) is 12.4. The van der Waals surface area contributed by atoms with E-state index in [9.17, 15) is 5.11 Å². The van der Waals surface area contributed by atoms with Crippen LogP contribution in [0.25, 0.3) is 0 Å². The van der Waals surface area contributed by atoms with Gasteiger partial charge in [0.1, 0.15) is 0 Å². The molecule has 1 N–H and O–H groups in total. The van der Waals surface area contributed by atoms with Crippen LogP contribution in [0, 0.1) is 52.3 Å². The van der Waals surface area contributed by atoms with E-state index in [1.165, 1.54) is 44.9 Å². The molecule has 0 aromatic carbocycles. The Morgan fingerprint density at radius 1 is 1.03 bits per heavy atom. The van der Waals surface area contributed by atoms with Crippen molar-refractivity contribution in [3.8, 4) is 0 Å². The van der Waals surface area contributed by atoms with Crippen molar-refractivity contribution >= 4 is 0 Å². The van der Waals surface area contributed by atoms with Gasteiger partial charge in [-0.05, 0) is 110 Å². The maximum absolute atomic E-state index is 10.2. The molecule has 0 unspecified atom stereocenters. The molecule has 0 heterocycles. The van der Waals surface area contributed by atoms with E-state index < -0.39 is 0 Å². The first-order chi connectivity index (χ1) is 14.2. The Morgan fingerprint density at radius 3 is 2.50 bits per heavy atom. The summed E-state index contributed by atoms with van der Waals surface area (Å²) in [6.45, 7) is 14.8. The predicted molar refractivity (Wildman–Crippen MR) is 128 cm³/mol. The monoisotopic (exact) mass is 412 g/mol. The van der Waals surface area contributed by atoms with Gasteiger partial charge in [0.05, 0.1) is 6.10 Å². The number of rotatable bonds is 5. The van der Waals surface area contributed by atoms with E-state index in [4.69, 9.17) is 0 Å². The number of allylic oxidation sites excluding steroid dienone is 3. The van der Waals surface area contributed by atoms with Crippen LogP contribution in [0.5, 0.6) is 0 Å². The zero-order chi connectivity index (χ0) is 21.7. The van der Waals surface area contributed by atoms with Crippen LogP contribution in [0.15, 0.2) is 23.8 Å². The molecule has 3 fully saturated rings. The summed E-state index contributed by atoms with van der Waals surface area (Å²) in [7, 11) is 0. The van der Waals surface area contributed by atoms with Crippen molar-refractivity contribution in [2.24, 2.45) is 52.3 Å². The van der Waals surface area contributed by atoms with Gasteiger partial charge in [-0.15, -0.1) is 0 Å². The summed E-state index contributed by atoms with van der Waals surface area (Å²) in [5, 5.41) is 10.2. The normalized spacial score (nSPS) is 45.6. The number of hydrogen-bond donors (Lipinski definition) is 1. The summed E-state index contributed by atoms with van der Waals surface area (Å²) in [4.78, 5) is 0. The molecule has 9 atom stereocenters. The smallest absolute Gasteiger partial charge is 0.0577 e. The highest BCUT2D eigenvalue weighted by Gasteiger charge is 2.58. The third-order valence-corrected chi connectivity index (χ3v) is 10.8. The summed E-state index contributed by atoms with van der Waals surface area (Å²) in [6, 6.07) is 0. The second-order valence-corrected chi connectivity index (χ2v) is 12.4. The maximum atomic E-state index is 10.2. The third kappa shape index (κ3) is 3.66. The SMILES string of the molecule is CC[C@@H](/C=C/[C@@H](C)[C@@H]1CC[C@@H]2[C@H]3CC=C4C[C@@H](O)CC[C@]4(C)[C@@H]3CC[C@@]21C)C(C)C. The van der Waals surface area contributed by atoms with Crippen molar-refractivity contribution in [1.82, 2.24) is 0 Å². The van der Waals surface area contributed by atoms with Crippen LogP contribution in [0.2, 0.25) is 0 Å². The Hall–Kier alpha value is -0.560. The Morgan fingerprint density at radius 2 is 1.80 bits per heavy atom. The summed E-state index contributed by atoms with van der Waals surface area (Å²) >= 11 is 0. The van der Waals surface area contributed by atoms with Crippen molar-refractivity contribution in [1.29, 1.82) is 0 Å². The predicted octanol–water partition coefficient (Wildman–Crippen LogP) is 7.80. The van der Waals surface area contributed by atoms with Gasteiger partial charge < -0.3 is 5.11 Å². The fraction of sp³-hybridized carbons (Fsp3) is 0.862. The first-order valence-electron chi connectivity index (χ1n) is 13.3. The van der Waals surface area contributed by atoms with Crippen LogP contribution >= 0.6 is 0 Å². The Kier molecular flexibility index (Phi) is 6.35. The third-order valence-electron chi connectivity index (χ3n) is 10.8. The molecule has 30 heavy (non-hydrogen) atoms. The fourth-order valence-electron chi connectivity index (χ4n) is 8.83. The largest absolute Gasteiger partial charge is 0.393 e. The first kappa shape index (κ1) is 22.6. The Balaban J connectivity index is 1.52. The maximum Gasteiger partial charge on any atom is 0.0577 e. The summed E-state index contributed by atoms with van der Waals surface area (Å²) in [5.74, 6) is 5.70. The molecule has 0 radical (unpaired) electrons. The van der Waals surface area contributed by atoms with E-state index in [0.29, 0.717) is 16.7 Å². The van der Waals surface area contributed by atoms with Crippen LogP contribution in [0.4, 0.5) is 0 Å². The van der Waals surface area contributed by atoms with Crippen molar-refractivity contribution in [2.45, 2.75) is 105 Å². The van der Waals surface area contributed by atoms with E-state index in [1.54, 1.807) is 5.57 Å². The van der Waals surface area contributed by atoms with Gasteiger partial charge in [-0.1, -0.05) is 65.3 Å². The minimum atomic E-state index is -0.0870. The van der Waals surface area contributed by atoms with Gasteiger partial charge in [0.2, 0.25) is 0 Å². The van der Waals surface area contributed by atoms with Crippen molar-refractivity contribution in [3.63, 3.8) is 0 Å². The minimum absolute atomic E-state index is 0.0870. The number of aliphatic hydroxyl groups excluding tert-OH is 1. The molecule has 0 bridgehead atoms. The molecule has 0 aromatic heterocycles. The zero-order valence-electron chi connectivity index (χ0n) is 20.7. The quantitative estimate of drug-likeness (QED) is 0.457. The molecule has 0 saturated heterocycles. The molecule has 0 amide bonds. The molecule has 4 aliphatic rings. The Bertz CT molecular complexity index is 674. The lowest BCUT2D eigenvalue weighted by molar-refractivity contribution is -0.0540. The van der Waals surface area contributed by atoms with E-state index in [2.05, 4.69) is 59.8 Å². The molecule has 4 aliphatic carbocycles. The van der Waals surface area contributed by atoms with Gasteiger partial charge >= 0.3 is 0 Å². The van der Waals surface area contributed by atoms with E-state index >= 15 is 0 Å². The highest BCUT2D eigenvalue weighted by Crippen LogP contribution is 2.67. The molecule has 0 spiro atoms. The molecule has 1 heteroatoms. The fourth-order valence-corrected chi connectivity index (χ4v) is 8.83. The number of aliphatic hydroxyl groups is 1. The molecule has 0 aliphatic heterocycles. The lowest BCUT2D eigenvalue weighted by atomic mass is 9.47. The molecule has 3 saturated carbocycles. The van der Waals surface area contributed by atoms with Crippen molar-refractivity contribution in [3.05, 3.63) is 23.8 Å². The molecule has 0 aromatic rings. The van der Waals surface area contributed by atoms with Crippen LogP contribution in [-0.4, -0.2) is 11.2 Å². The molecule has 170 valence electrons. The van der Waals surface area contributed by atoms with Gasteiger partial charge in [0.15, 0.2) is 0 Å². The van der Waals surface area contributed by atoms with Crippen LogP contribution in [0.1, 0.15) is 99.3 Å². The van der Waals surface area contributed by atoms with Crippen LogP contribution in [-0.2, 0) is 0 Å². The van der Waals surface area contributed by atoms with Gasteiger partial charge in [-0.3, -0.25) is 0 Å². The first-order valence-corrected chi connectivity index (χ1v) is 13.3. The van der Waals surface area contributed by atoms with E-state index in [-0.39, 0.29) is 6.10 Å². The van der Waals surface area contributed by atoms with Crippen molar-refractivity contribution in [2.75, 3.05) is 0 Å². The number of hydrogen-bond acceptors (Lipinski definition) is 1. The number of fused-ring (bicyclic) bond motifs is 5. The second kappa shape index (κ2) is 8.42. The zero-order valence-corrected chi connectivity index (χ0v) is 20.7. The molecule has 4 rings (SSSR count). The topological polar surface area (TPSA) is 20.2 Å². The minimum Gasteiger partial charge on any atom is -0.393 e. The molecular weight excluding hydrogens is 364 g/mol. The lowest BCUT2D eigenvalue weighted by Gasteiger charge is -2.58. The van der Waals surface area contributed by atoms with Crippen LogP contribution in [0.3, 0.4) is 0 Å². The summed E-state index contributed by atoms with van der Waals surface area (Å²) < 4.78 is 0. The van der Waals surface area contributed by atoms with Gasteiger partial charge in [0.25, 0.3) is 0 Å². The van der Waals surface area contributed by atoms with Gasteiger partial charge in [-0.2, -0.15) is 0 Å². The van der Waals surface area contributed by atoms with E-state index in [0.717, 1.165) is 48.3 Å². The lowest BCUT2D eigenvalue weighted by Crippen LogP contribution is -2.50. The standard InChI is InChI=1S/C29H48O/c1-7-21(19(2)3)9-8-20(4)25-12-13-26-24-11-10-22-18-23(30)14-16-28(22,5)27(24)15-17-29(25,26)6/h8-10,19-21,23-27,30H,7,11-18H2,1-6H3/b9-8+/t20-,21+,23+,24-,25+,26-,27-,28+,29-/m1/s1. The summed E-state index contributed by atoms with van der Waals surface area (Å²) in [6.07, 6.45) is 19.1. The van der Waals surface area contributed by atoms with Crippen molar-refractivity contribution < 1.29 is 5.11 Å². The average Bonchev–Trinajstić information content (AvgIpc) is 3.06. The average molecular weight is 413 g/mol. The summed E-state index contributed by atoms with van der Waals surface area (Å²) in [5.41, 5.74) is 2.51. The Labute approximate surface area is 186 Å². The van der Waals surface area contributed by atoms with Gasteiger partial charge in [0, 0.05) is 0 Å². The van der Waals surface area contributed by atoms with Gasteiger partial charge in [-0.25, -0.2) is 0 Å². The molecular formula is C29H48O. The van der Waals surface area contributed by atoms with E-state index in [1.807, 2.05) is 0 Å².